The Bertz CT molecular complexity index is 845. The van der Waals surface area contributed by atoms with Crippen molar-refractivity contribution >= 4 is 10.0 Å². The Balaban J connectivity index is 2.17. The minimum absolute atomic E-state index is 0.248. The molecule has 0 N–H and O–H groups in total. The highest BCUT2D eigenvalue weighted by Gasteiger charge is 2.29. The number of allylic oxidation sites excluding steroid dienone is 1. The van der Waals surface area contributed by atoms with E-state index in [1.165, 1.54) is 4.31 Å². The minimum atomic E-state index is -3.66. The predicted molar refractivity (Wildman–Crippen MR) is 115 cm³/mol. The lowest BCUT2D eigenvalue weighted by Crippen LogP contribution is -2.42. The molecule has 5 heteroatoms. The Labute approximate surface area is 169 Å². The molecule has 2 rings (SSSR count). The van der Waals surface area contributed by atoms with Crippen LogP contribution < -0.4 is 0 Å². The Morgan fingerprint density at radius 3 is 2.36 bits per heavy atom. The first-order valence-corrected chi connectivity index (χ1v) is 10.9. The third-order valence-electron chi connectivity index (χ3n) is 4.46. The smallest absolute Gasteiger partial charge is 0.243 e. The Morgan fingerprint density at radius 1 is 1.07 bits per heavy atom. The van der Waals surface area contributed by atoms with Crippen molar-refractivity contribution in [2.75, 3.05) is 13.2 Å². The number of hydrogen-bond acceptors (Lipinski definition) is 3. The highest BCUT2D eigenvalue weighted by molar-refractivity contribution is 7.89. The van der Waals surface area contributed by atoms with Gasteiger partial charge in [-0.05, 0) is 37.5 Å². The monoisotopic (exact) mass is 399 g/mol. The van der Waals surface area contributed by atoms with Gasteiger partial charge in [0.2, 0.25) is 10.0 Å². The SMILES string of the molecule is C=CCCCN(C(C=C)COCc1ccccc1)S(=O)(=O)c1ccc(C)cc1. The molecule has 0 saturated carbocycles. The first kappa shape index (κ1) is 22.1. The van der Waals surface area contributed by atoms with Crippen LogP contribution in [-0.2, 0) is 21.4 Å². The van der Waals surface area contributed by atoms with Crippen LogP contribution in [0.4, 0.5) is 0 Å². The fourth-order valence-electron chi connectivity index (χ4n) is 2.84. The van der Waals surface area contributed by atoms with E-state index in [2.05, 4.69) is 13.2 Å². The zero-order valence-corrected chi connectivity index (χ0v) is 17.3. The Kier molecular flexibility index (Phi) is 8.64. The van der Waals surface area contributed by atoms with E-state index in [1.807, 2.05) is 49.4 Å². The van der Waals surface area contributed by atoms with Crippen molar-refractivity contribution in [1.82, 2.24) is 4.31 Å². The van der Waals surface area contributed by atoms with Crippen molar-refractivity contribution in [2.24, 2.45) is 0 Å². The summed E-state index contributed by atoms with van der Waals surface area (Å²) in [6.45, 7) is 10.6. The molecular formula is C23H29NO3S. The molecule has 0 aromatic heterocycles. The molecular weight excluding hydrogens is 370 g/mol. The fraction of sp³-hybridized carbons (Fsp3) is 0.304. The second kappa shape index (κ2) is 11.0. The summed E-state index contributed by atoms with van der Waals surface area (Å²) in [5.74, 6) is 0. The molecule has 0 spiro atoms. The van der Waals surface area contributed by atoms with Crippen LogP contribution in [0, 0.1) is 6.92 Å². The lowest BCUT2D eigenvalue weighted by molar-refractivity contribution is 0.0907. The number of hydrogen-bond donors (Lipinski definition) is 0. The van der Waals surface area contributed by atoms with E-state index in [1.54, 1.807) is 24.3 Å². The number of benzene rings is 2. The summed E-state index contributed by atoms with van der Waals surface area (Å²) >= 11 is 0. The van der Waals surface area contributed by atoms with Crippen LogP contribution in [0.2, 0.25) is 0 Å². The van der Waals surface area contributed by atoms with Crippen molar-refractivity contribution in [3.05, 3.63) is 91.0 Å². The second-order valence-electron chi connectivity index (χ2n) is 6.66. The van der Waals surface area contributed by atoms with Gasteiger partial charge in [-0.1, -0.05) is 60.2 Å². The van der Waals surface area contributed by atoms with Crippen molar-refractivity contribution in [3.8, 4) is 0 Å². The predicted octanol–water partition coefficient (Wildman–Crippen LogP) is 4.72. The molecule has 0 fully saturated rings. The van der Waals surface area contributed by atoms with Gasteiger partial charge >= 0.3 is 0 Å². The van der Waals surface area contributed by atoms with E-state index in [9.17, 15) is 8.42 Å². The summed E-state index contributed by atoms with van der Waals surface area (Å²) in [4.78, 5) is 0.284. The van der Waals surface area contributed by atoms with Crippen molar-refractivity contribution in [1.29, 1.82) is 0 Å². The van der Waals surface area contributed by atoms with Gasteiger partial charge in [0, 0.05) is 6.54 Å². The van der Waals surface area contributed by atoms with Gasteiger partial charge in [0.15, 0.2) is 0 Å². The fourth-order valence-corrected chi connectivity index (χ4v) is 4.47. The van der Waals surface area contributed by atoms with Gasteiger partial charge in [-0.2, -0.15) is 4.31 Å². The largest absolute Gasteiger partial charge is 0.375 e. The Morgan fingerprint density at radius 2 is 1.75 bits per heavy atom. The summed E-state index contributed by atoms with van der Waals surface area (Å²) in [6, 6.07) is 16.3. The molecule has 0 amide bonds. The number of ether oxygens (including phenoxy) is 1. The third-order valence-corrected chi connectivity index (χ3v) is 6.40. The molecule has 28 heavy (non-hydrogen) atoms. The maximum Gasteiger partial charge on any atom is 0.243 e. The quantitative estimate of drug-likeness (QED) is 0.383. The van der Waals surface area contributed by atoms with Crippen LogP contribution in [0.15, 0.2) is 84.8 Å². The molecule has 2 aromatic rings. The zero-order chi connectivity index (χ0) is 20.4. The van der Waals surface area contributed by atoms with Crippen molar-refractivity contribution < 1.29 is 13.2 Å². The van der Waals surface area contributed by atoms with Crippen LogP contribution in [0.5, 0.6) is 0 Å². The Hall–Kier alpha value is -2.21. The summed E-state index contributed by atoms with van der Waals surface area (Å²) in [5.41, 5.74) is 2.06. The molecule has 0 aliphatic carbocycles. The van der Waals surface area contributed by atoms with Crippen LogP contribution in [0.25, 0.3) is 0 Å². The summed E-state index contributed by atoms with van der Waals surface area (Å²) in [7, 11) is -3.66. The average molecular weight is 400 g/mol. The van der Waals surface area contributed by atoms with Crippen LogP contribution in [0.1, 0.15) is 24.0 Å². The van der Waals surface area contributed by atoms with E-state index in [0.29, 0.717) is 19.6 Å². The van der Waals surface area contributed by atoms with Gasteiger partial charge in [0.25, 0.3) is 0 Å². The number of nitrogens with zero attached hydrogens (tertiary/aromatic N) is 1. The zero-order valence-electron chi connectivity index (χ0n) is 16.5. The van der Waals surface area contributed by atoms with Crippen LogP contribution in [0.3, 0.4) is 0 Å². The first-order chi connectivity index (χ1) is 13.5. The van der Waals surface area contributed by atoms with Crippen molar-refractivity contribution in [2.45, 2.75) is 37.3 Å². The minimum Gasteiger partial charge on any atom is -0.375 e. The molecule has 2 aromatic carbocycles. The van der Waals surface area contributed by atoms with E-state index in [0.717, 1.165) is 17.5 Å². The van der Waals surface area contributed by atoms with Gasteiger partial charge in [-0.3, -0.25) is 0 Å². The topological polar surface area (TPSA) is 46.6 Å². The van der Waals surface area contributed by atoms with Gasteiger partial charge in [0.1, 0.15) is 0 Å². The molecule has 0 aliphatic rings. The third kappa shape index (κ3) is 6.16. The normalized spacial score (nSPS) is 12.6. The van der Waals surface area contributed by atoms with Crippen LogP contribution >= 0.6 is 0 Å². The van der Waals surface area contributed by atoms with E-state index >= 15 is 0 Å². The highest BCUT2D eigenvalue weighted by atomic mass is 32.2. The van der Waals surface area contributed by atoms with Crippen LogP contribution in [-0.4, -0.2) is 31.9 Å². The van der Waals surface area contributed by atoms with Gasteiger partial charge in [-0.25, -0.2) is 8.42 Å². The number of unbranched alkanes of at least 4 members (excludes halogenated alkanes) is 1. The molecule has 1 atom stereocenters. The highest BCUT2D eigenvalue weighted by Crippen LogP contribution is 2.21. The van der Waals surface area contributed by atoms with Crippen molar-refractivity contribution in [3.63, 3.8) is 0 Å². The lowest BCUT2D eigenvalue weighted by Gasteiger charge is -2.29. The number of sulfonamides is 1. The summed E-state index contributed by atoms with van der Waals surface area (Å²) < 4.78 is 33.8. The number of aryl methyl sites for hydroxylation is 1. The molecule has 0 radical (unpaired) electrons. The van der Waals surface area contributed by atoms with E-state index in [4.69, 9.17) is 4.74 Å². The maximum atomic E-state index is 13.3. The molecule has 0 saturated heterocycles. The van der Waals surface area contributed by atoms with E-state index < -0.39 is 16.1 Å². The first-order valence-electron chi connectivity index (χ1n) is 9.42. The summed E-state index contributed by atoms with van der Waals surface area (Å²) in [5, 5.41) is 0. The van der Waals surface area contributed by atoms with Gasteiger partial charge in [-0.15, -0.1) is 13.2 Å². The van der Waals surface area contributed by atoms with Gasteiger partial charge in [0.05, 0.1) is 24.2 Å². The molecule has 4 nitrogen and oxygen atoms in total. The maximum absolute atomic E-state index is 13.3. The molecule has 0 aliphatic heterocycles. The lowest BCUT2D eigenvalue weighted by atomic mass is 10.2. The van der Waals surface area contributed by atoms with E-state index in [-0.39, 0.29) is 11.5 Å². The molecule has 150 valence electrons. The number of rotatable bonds is 12. The standard InChI is InChI=1S/C23H29NO3S/c1-4-6-10-17-24(28(25,26)23-15-13-20(3)14-16-23)22(5-2)19-27-18-21-11-8-7-9-12-21/h4-5,7-9,11-16,22H,1-2,6,10,17-19H2,3H3. The summed E-state index contributed by atoms with van der Waals surface area (Å²) in [6.07, 6.45) is 4.88. The average Bonchev–Trinajstić information content (AvgIpc) is 2.70. The second-order valence-corrected chi connectivity index (χ2v) is 8.55. The molecule has 0 bridgehead atoms. The molecule has 0 heterocycles. The van der Waals surface area contributed by atoms with Gasteiger partial charge < -0.3 is 4.74 Å². The molecule has 1 unspecified atom stereocenters.